The highest BCUT2D eigenvalue weighted by Crippen LogP contribution is 2.27. The molecule has 76 valence electrons. The van der Waals surface area contributed by atoms with Crippen LogP contribution in [0.3, 0.4) is 0 Å². The average Bonchev–Trinajstić information content (AvgIpc) is 2.10. The summed E-state index contributed by atoms with van der Waals surface area (Å²) in [4.78, 5) is 22.8. The summed E-state index contributed by atoms with van der Waals surface area (Å²) in [5, 5.41) is 0. The van der Waals surface area contributed by atoms with Crippen molar-refractivity contribution in [1.29, 1.82) is 0 Å². The number of rotatable bonds is 2. The van der Waals surface area contributed by atoms with Gasteiger partial charge in [-0.15, -0.1) is 0 Å². The lowest BCUT2D eigenvalue weighted by molar-refractivity contribution is 0.272. The molecule has 1 heterocycles. The molecule has 1 aliphatic carbocycles. The van der Waals surface area contributed by atoms with Crippen molar-refractivity contribution in [2.24, 2.45) is 13.0 Å². The van der Waals surface area contributed by atoms with E-state index in [4.69, 9.17) is 0 Å². The molecule has 0 aromatic carbocycles. The first-order chi connectivity index (χ1) is 6.68. The standard InChI is InChI=1S/C10H14N2O2/c1-11-5-6-12(10(14)9(11)13)7-8-3-2-4-8/h5-6,8H,2-4,7H2,1H3. The minimum absolute atomic E-state index is 0.401. The zero-order chi connectivity index (χ0) is 10.1. The van der Waals surface area contributed by atoms with Crippen molar-refractivity contribution in [3.8, 4) is 0 Å². The van der Waals surface area contributed by atoms with Crippen LogP contribution in [0.5, 0.6) is 0 Å². The number of aromatic nitrogens is 2. The maximum absolute atomic E-state index is 11.5. The van der Waals surface area contributed by atoms with E-state index in [2.05, 4.69) is 0 Å². The molecular formula is C10H14N2O2. The Bertz CT molecular complexity index is 440. The van der Waals surface area contributed by atoms with E-state index in [1.54, 1.807) is 19.4 Å². The highest BCUT2D eigenvalue weighted by Gasteiger charge is 2.18. The van der Waals surface area contributed by atoms with Gasteiger partial charge in [-0.2, -0.15) is 0 Å². The topological polar surface area (TPSA) is 44.0 Å². The van der Waals surface area contributed by atoms with E-state index < -0.39 is 11.1 Å². The molecular weight excluding hydrogens is 180 g/mol. The Labute approximate surface area is 81.8 Å². The van der Waals surface area contributed by atoms with Crippen molar-refractivity contribution in [3.05, 3.63) is 33.1 Å². The molecule has 14 heavy (non-hydrogen) atoms. The summed E-state index contributed by atoms with van der Waals surface area (Å²) in [6.45, 7) is 0.703. The van der Waals surface area contributed by atoms with Crippen LogP contribution >= 0.6 is 0 Å². The largest absolute Gasteiger partial charge is 0.316 e. The third-order valence-corrected chi connectivity index (χ3v) is 2.91. The van der Waals surface area contributed by atoms with Crippen LogP contribution < -0.4 is 11.1 Å². The monoisotopic (exact) mass is 194 g/mol. The second-order valence-corrected chi connectivity index (χ2v) is 3.97. The van der Waals surface area contributed by atoms with Crippen LogP contribution in [0.2, 0.25) is 0 Å². The van der Waals surface area contributed by atoms with Crippen LogP contribution in [0.15, 0.2) is 22.0 Å². The van der Waals surface area contributed by atoms with Crippen LogP contribution in [-0.2, 0) is 13.6 Å². The van der Waals surface area contributed by atoms with Crippen LogP contribution in [-0.4, -0.2) is 9.13 Å². The van der Waals surface area contributed by atoms with Gasteiger partial charge in [-0.3, -0.25) is 9.59 Å². The fraction of sp³-hybridized carbons (Fsp3) is 0.600. The lowest BCUT2D eigenvalue weighted by Crippen LogP contribution is -2.41. The molecule has 0 radical (unpaired) electrons. The summed E-state index contributed by atoms with van der Waals surface area (Å²) < 4.78 is 2.85. The Morgan fingerprint density at radius 2 is 2.00 bits per heavy atom. The van der Waals surface area contributed by atoms with E-state index in [-0.39, 0.29) is 0 Å². The summed E-state index contributed by atoms with van der Waals surface area (Å²) in [6, 6.07) is 0. The van der Waals surface area contributed by atoms with Gasteiger partial charge in [0.2, 0.25) is 0 Å². The van der Waals surface area contributed by atoms with Crippen LogP contribution in [0.4, 0.5) is 0 Å². The van der Waals surface area contributed by atoms with Gasteiger partial charge in [0.25, 0.3) is 0 Å². The molecule has 1 aromatic heterocycles. The minimum atomic E-state index is -0.438. The SMILES string of the molecule is Cn1ccn(CC2CCC2)c(=O)c1=O. The first-order valence-corrected chi connectivity index (χ1v) is 4.94. The molecule has 4 heteroatoms. The Morgan fingerprint density at radius 1 is 1.29 bits per heavy atom. The molecule has 1 aliphatic rings. The second kappa shape index (κ2) is 3.44. The van der Waals surface area contributed by atoms with Crippen molar-refractivity contribution in [2.75, 3.05) is 0 Å². The number of nitrogens with zero attached hydrogens (tertiary/aromatic N) is 2. The van der Waals surface area contributed by atoms with Crippen molar-refractivity contribution in [1.82, 2.24) is 9.13 Å². The van der Waals surface area contributed by atoms with Gasteiger partial charge in [0.15, 0.2) is 0 Å². The average molecular weight is 194 g/mol. The smallest absolute Gasteiger partial charge is 0.312 e. The van der Waals surface area contributed by atoms with Crippen LogP contribution in [0.1, 0.15) is 19.3 Å². The van der Waals surface area contributed by atoms with Gasteiger partial charge in [-0.05, 0) is 18.8 Å². The van der Waals surface area contributed by atoms with E-state index in [1.807, 2.05) is 0 Å². The van der Waals surface area contributed by atoms with E-state index in [0.29, 0.717) is 12.5 Å². The second-order valence-electron chi connectivity index (χ2n) is 3.97. The number of hydrogen-bond acceptors (Lipinski definition) is 2. The van der Waals surface area contributed by atoms with Crippen LogP contribution in [0, 0.1) is 5.92 Å². The molecule has 2 rings (SSSR count). The van der Waals surface area contributed by atoms with Crippen molar-refractivity contribution in [2.45, 2.75) is 25.8 Å². The van der Waals surface area contributed by atoms with Gasteiger partial charge >= 0.3 is 11.1 Å². The molecule has 0 bridgehead atoms. The van der Waals surface area contributed by atoms with E-state index in [1.165, 1.54) is 28.4 Å². The molecule has 0 spiro atoms. The van der Waals surface area contributed by atoms with Gasteiger partial charge < -0.3 is 9.13 Å². The van der Waals surface area contributed by atoms with Gasteiger partial charge in [-0.25, -0.2) is 0 Å². The summed E-state index contributed by atoms with van der Waals surface area (Å²) in [6.07, 6.45) is 6.96. The quantitative estimate of drug-likeness (QED) is 0.637. The number of hydrogen-bond donors (Lipinski definition) is 0. The predicted octanol–water partition coefficient (Wildman–Crippen LogP) is 0.347. The Balaban J connectivity index is 2.30. The minimum Gasteiger partial charge on any atom is -0.312 e. The number of aryl methyl sites for hydroxylation is 1. The highest BCUT2D eigenvalue weighted by atomic mass is 16.2. The molecule has 0 unspecified atom stereocenters. The molecule has 4 nitrogen and oxygen atoms in total. The zero-order valence-electron chi connectivity index (χ0n) is 8.27. The third-order valence-electron chi connectivity index (χ3n) is 2.91. The molecule has 1 fully saturated rings. The summed E-state index contributed by atoms with van der Waals surface area (Å²) in [5.74, 6) is 0.597. The van der Waals surface area contributed by atoms with E-state index in [0.717, 1.165) is 0 Å². The van der Waals surface area contributed by atoms with Crippen LogP contribution in [0.25, 0.3) is 0 Å². The van der Waals surface area contributed by atoms with Gasteiger partial charge in [0.05, 0.1) is 0 Å². The maximum Gasteiger partial charge on any atom is 0.316 e. The van der Waals surface area contributed by atoms with Crippen molar-refractivity contribution < 1.29 is 0 Å². The third kappa shape index (κ3) is 1.52. The molecule has 0 atom stereocenters. The van der Waals surface area contributed by atoms with Gasteiger partial charge in [0, 0.05) is 26.0 Å². The van der Waals surface area contributed by atoms with Crippen molar-refractivity contribution in [3.63, 3.8) is 0 Å². The zero-order valence-corrected chi connectivity index (χ0v) is 8.27. The first-order valence-electron chi connectivity index (χ1n) is 4.94. The lowest BCUT2D eigenvalue weighted by Gasteiger charge is -2.25. The maximum atomic E-state index is 11.5. The summed E-state index contributed by atoms with van der Waals surface area (Å²) in [7, 11) is 1.59. The fourth-order valence-corrected chi connectivity index (χ4v) is 1.69. The molecule has 0 N–H and O–H groups in total. The normalized spacial score (nSPS) is 16.6. The Morgan fingerprint density at radius 3 is 2.57 bits per heavy atom. The molecule has 1 aromatic rings. The van der Waals surface area contributed by atoms with Crippen molar-refractivity contribution >= 4 is 0 Å². The predicted molar refractivity (Wildman–Crippen MR) is 53.3 cm³/mol. The molecule has 1 saturated carbocycles. The molecule has 0 saturated heterocycles. The molecule has 0 amide bonds. The first kappa shape index (κ1) is 9.24. The summed E-state index contributed by atoms with van der Waals surface area (Å²) in [5.41, 5.74) is -0.839. The lowest BCUT2D eigenvalue weighted by atomic mass is 9.85. The Kier molecular flexibility index (Phi) is 2.27. The summed E-state index contributed by atoms with van der Waals surface area (Å²) >= 11 is 0. The van der Waals surface area contributed by atoms with Gasteiger partial charge in [-0.1, -0.05) is 6.42 Å². The van der Waals surface area contributed by atoms with Gasteiger partial charge in [0.1, 0.15) is 0 Å². The van der Waals surface area contributed by atoms with E-state index in [9.17, 15) is 9.59 Å². The fourth-order valence-electron chi connectivity index (χ4n) is 1.69. The Hall–Kier alpha value is -1.32. The molecule has 0 aliphatic heterocycles. The highest BCUT2D eigenvalue weighted by molar-refractivity contribution is 4.86. The van der Waals surface area contributed by atoms with E-state index >= 15 is 0 Å².